The van der Waals surface area contributed by atoms with E-state index in [0.717, 1.165) is 13.1 Å². The molecule has 2 heterocycles. The van der Waals surface area contributed by atoms with Gasteiger partial charge in [-0.15, -0.1) is 0 Å². The van der Waals surface area contributed by atoms with E-state index in [4.69, 9.17) is 4.74 Å². The minimum absolute atomic E-state index is 0.217. The number of nitrogens with zero attached hydrogens (tertiary/aromatic N) is 2. The van der Waals surface area contributed by atoms with Crippen LogP contribution in [0, 0.1) is 5.82 Å². The van der Waals surface area contributed by atoms with E-state index >= 15 is 0 Å². The van der Waals surface area contributed by atoms with Gasteiger partial charge in [-0.2, -0.15) is 0 Å². The Kier molecular flexibility index (Phi) is 5.69. The molecule has 2 aliphatic heterocycles. The first-order valence-corrected chi connectivity index (χ1v) is 9.62. The Morgan fingerprint density at radius 1 is 0.897 bits per heavy atom. The van der Waals surface area contributed by atoms with Crippen molar-refractivity contribution < 1.29 is 18.7 Å². The van der Waals surface area contributed by atoms with Crippen LogP contribution in [0.4, 0.5) is 10.1 Å². The van der Waals surface area contributed by atoms with E-state index < -0.39 is 0 Å². The van der Waals surface area contributed by atoms with Crippen molar-refractivity contribution in [2.75, 3.05) is 44.7 Å². The number of nitrogens with one attached hydrogen (secondary N) is 1. The van der Waals surface area contributed by atoms with Gasteiger partial charge in [0.1, 0.15) is 11.5 Å². The predicted octanol–water partition coefficient (Wildman–Crippen LogP) is 2.35. The summed E-state index contributed by atoms with van der Waals surface area (Å²) >= 11 is 0. The van der Waals surface area contributed by atoms with Gasteiger partial charge < -0.3 is 10.1 Å². The molecule has 1 fully saturated rings. The van der Waals surface area contributed by atoms with Crippen LogP contribution in [0.1, 0.15) is 5.56 Å². The zero-order chi connectivity index (χ0) is 20.2. The molecule has 2 aromatic rings. The molecule has 0 saturated carbocycles. The highest BCUT2D eigenvalue weighted by molar-refractivity contribution is 6.36. The average Bonchev–Trinajstić information content (AvgIpc) is 2.99. The monoisotopic (exact) mass is 395 g/mol. The van der Waals surface area contributed by atoms with E-state index in [-0.39, 0.29) is 23.3 Å². The maximum atomic E-state index is 13.2. The number of hydrogen-bond acceptors (Lipinski definition) is 5. The van der Waals surface area contributed by atoms with Crippen LogP contribution in [-0.4, -0.2) is 61.0 Å². The number of morpholine rings is 1. The van der Waals surface area contributed by atoms with Crippen molar-refractivity contribution in [2.45, 2.75) is 0 Å². The van der Waals surface area contributed by atoms with Crippen molar-refractivity contribution in [3.63, 3.8) is 0 Å². The number of halogens is 1. The topological polar surface area (TPSA) is 61.9 Å². The maximum absolute atomic E-state index is 13.2. The van der Waals surface area contributed by atoms with E-state index in [2.05, 4.69) is 10.2 Å². The molecule has 2 aromatic carbocycles. The first kappa shape index (κ1) is 19.3. The highest BCUT2D eigenvalue weighted by atomic mass is 19.1. The fraction of sp³-hybridized carbons (Fsp3) is 0.273. The summed E-state index contributed by atoms with van der Waals surface area (Å²) in [6, 6.07) is 14.8. The van der Waals surface area contributed by atoms with Gasteiger partial charge in [0.05, 0.1) is 18.8 Å². The first-order chi connectivity index (χ1) is 14.1. The normalized spacial score (nSPS) is 17.9. The number of hydrogen-bond donors (Lipinski definition) is 1. The number of carbonyl (C=O) groups excluding carboxylic acids is 2. The predicted molar refractivity (Wildman–Crippen MR) is 107 cm³/mol. The summed E-state index contributed by atoms with van der Waals surface area (Å²) in [4.78, 5) is 29.7. The molecule has 0 atom stereocenters. The Bertz CT molecular complexity index is 922. The molecule has 1 N–H and O–H groups in total. The molecule has 2 aliphatic rings. The van der Waals surface area contributed by atoms with Crippen LogP contribution < -0.4 is 5.32 Å². The Labute approximate surface area is 168 Å². The van der Waals surface area contributed by atoms with Crippen LogP contribution in [0.2, 0.25) is 0 Å². The van der Waals surface area contributed by atoms with E-state index in [1.54, 1.807) is 24.3 Å². The van der Waals surface area contributed by atoms with Gasteiger partial charge in [-0.05, 0) is 29.8 Å². The van der Waals surface area contributed by atoms with Crippen molar-refractivity contribution in [2.24, 2.45) is 0 Å². The van der Waals surface area contributed by atoms with E-state index in [1.807, 2.05) is 18.2 Å². The summed E-state index contributed by atoms with van der Waals surface area (Å²) < 4.78 is 18.6. The van der Waals surface area contributed by atoms with E-state index in [1.165, 1.54) is 17.0 Å². The molecule has 6 nitrogen and oxygen atoms in total. The lowest BCUT2D eigenvalue weighted by Crippen LogP contribution is -2.43. The Balaban J connectivity index is 1.60. The summed E-state index contributed by atoms with van der Waals surface area (Å²) in [6.07, 6.45) is 0. The number of carbonyl (C=O) groups is 2. The van der Waals surface area contributed by atoms with Crippen LogP contribution in [0.25, 0.3) is 5.57 Å². The Morgan fingerprint density at radius 3 is 2.28 bits per heavy atom. The van der Waals surface area contributed by atoms with Gasteiger partial charge in [-0.25, -0.2) is 4.39 Å². The average molecular weight is 395 g/mol. The summed E-state index contributed by atoms with van der Waals surface area (Å²) in [5, 5.41) is 3.03. The van der Waals surface area contributed by atoms with Crippen LogP contribution in [-0.2, 0) is 14.3 Å². The van der Waals surface area contributed by atoms with Gasteiger partial charge >= 0.3 is 0 Å². The fourth-order valence-electron chi connectivity index (χ4n) is 3.51. The van der Waals surface area contributed by atoms with Gasteiger partial charge in [-0.3, -0.25) is 19.4 Å². The van der Waals surface area contributed by atoms with Crippen molar-refractivity contribution in [1.29, 1.82) is 0 Å². The molecule has 4 rings (SSSR count). The third kappa shape index (κ3) is 4.21. The molecule has 0 aromatic heterocycles. The first-order valence-electron chi connectivity index (χ1n) is 9.62. The minimum Gasteiger partial charge on any atom is -0.379 e. The second kappa shape index (κ2) is 8.55. The number of ether oxygens (including phenoxy) is 1. The number of benzene rings is 2. The standard InChI is InChI=1S/C22H22FN3O3/c23-17-6-8-18(9-7-17)24-20-19(16-4-2-1-3-5-16)21(27)26(22(20)28)11-10-25-12-14-29-15-13-25/h1-9,24H,10-15H2. The van der Waals surface area contributed by atoms with Crippen molar-refractivity contribution >= 4 is 23.1 Å². The van der Waals surface area contributed by atoms with Gasteiger partial charge in [0, 0.05) is 31.9 Å². The quantitative estimate of drug-likeness (QED) is 0.761. The molecule has 0 bridgehead atoms. The molecule has 2 amide bonds. The lowest BCUT2D eigenvalue weighted by Gasteiger charge is -2.28. The zero-order valence-corrected chi connectivity index (χ0v) is 15.9. The molecule has 1 saturated heterocycles. The molecule has 150 valence electrons. The smallest absolute Gasteiger partial charge is 0.278 e. The summed E-state index contributed by atoms with van der Waals surface area (Å²) in [6.45, 7) is 3.81. The minimum atomic E-state index is -0.369. The lowest BCUT2D eigenvalue weighted by atomic mass is 10.0. The number of anilines is 1. The zero-order valence-electron chi connectivity index (χ0n) is 15.9. The number of amides is 2. The largest absolute Gasteiger partial charge is 0.379 e. The van der Waals surface area contributed by atoms with Crippen LogP contribution in [0.5, 0.6) is 0 Å². The summed E-state index contributed by atoms with van der Waals surface area (Å²) in [7, 11) is 0. The van der Waals surface area contributed by atoms with Crippen molar-refractivity contribution in [3.05, 3.63) is 71.7 Å². The molecule has 0 radical (unpaired) electrons. The van der Waals surface area contributed by atoms with Crippen molar-refractivity contribution in [3.8, 4) is 0 Å². The molecule has 0 aliphatic carbocycles. The molecule has 29 heavy (non-hydrogen) atoms. The van der Waals surface area contributed by atoms with E-state index in [0.29, 0.717) is 43.1 Å². The summed E-state index contributed by atoms with van der Waals surface area (Å²) in [5.74, 6) is -1.06. The van der Waals surface area contributed by atoms with Gasteiger partial charge in [0.2, 0.25) is 0 Å². The van der Waals surface area contributed by atoms with Gasteiger partial charge in [0.15, 0.2) is 0 Å². The molecule has 0 spiro atoms. The maximum Gasteiger partial charge on any atom is 0.278 e. The van der Waals surface area contributed by atoms with E-state index in [9.17, 15) is 14.0 Å². The highest BCUT2D eigenvalue weighted by Gasteiger charge is 2.39. The fourth-order valence-corrected chi connectivity index (χ4v) is 3.51. The number of rotatable bonds is 6. The third-order valence-corrected chi connectivity index (χ3v) is 5.09. The SMILES string of the molecule is O=C1C(Nc2ccc(F)cc2)=C(c2ccccc2)C(=O)N1CCN1CCOCC1. The van der Waals surface area contributed by atoms with Crippen LogP contribution in [0.15, 0.2) is 60.3 Å². The Hall–Kier alpha value is -3.03. The molecular weight excluding hydrogens is 373 g/mol. The second-order valence-corrected chi connectivity index (χ2v) is 6.96. The summed E-state index contributed by atoms with van der Waals surface area (Å²) in [5.41, 5.74) is 1.77. The Morgan fingerprint density at radius 2 is 1.59 bits per heavy atom. The van der Waals surface area contributed by atoms with Crippen LogP contribution in [0.3, 0.4) is 0 Å². The third-order valence-electron chi connectivity index (χ3n) is 5.09. The van der Waals surface area contributed by atoms with Crippen molar-refractivity contribution in [1.82, 2.24) is 9.80 Å². The van der Waals surface area contributed by atoms with Gasteiger partial charge in [0.25, 0.3) is 11.8 Å². The molecular formula is C22H22FN3O3. The molecule has 7 heteroatoms. The highest BCUT2D eigenvalue weighted by Crippen LogP contribution is 2.30. The van der Waals surface area contributed by atoms with Crippen LogP contribution >= 0.6 is 0 Å². The molecule has 0 unspecified atom stereocenters. The van der Waals surface area contributed by atoms with Gasteiger partial charge in [-0.1, -0.05) is 30.3 Å². The lowest BCUT2D eigenvalue weighted by molar-refractivity contribution is -0.137. The second-order valence-electron chi connectivity index (χ2n) is 6.96. The number of imide groups is 1.